The lowest BCUT2D eigenvalue weighted by Crippen LogP contribution is -2.11. The highest BCUT2D eigenvalue weighted by Gasteiger charge is 2.22. The maximum atomic E-state index is 11.4. The van der Waals surface area contributed by atoms with E-state index in [1.807, 2.05) is 12.1 Å². The maximum absolute atomic E-state index is 11.4. The van der Waals surface area contributed by atoms with Crippen LogP contribution >= 0.6 is 0 Å². The monoisotopic (exact) mass is 216 g/mol. The van der Waals surface area contributed by atoms with Crippen LogP contribution in [0.5, 0.6) is 0 Å². The van der Waals surface area contributed by atoms with Crippen molar-refractivity contribution in [1.29, 1.82) is 0 Å². The molecule has 3 rings (SSSR count). The summed E-state index contributed by atoms with van der Waals surface area (Å²) in [5.74, 6) is 0.870. The number of anilines is 1. The van der Waals surface area contributed by atoms with Gasteiger partial charge in [0.05, 0.1) is 6.42 Å². The average molecular weight is 216 g/mol. The Balaban J connectivity index is 1.85. The highest BCUT2D eigenvalue weighted by Crippen LogP contribution is 2.28. The molecule has 1 amide bonds. The molecule has 1 saturated heterocycles. The van der Waals surface area contributed by atoms with Crippen LogP contribution in [0.3, 0.4) is 0 Å². The van der Waals surface area contributed by atoms with Gasteiger partial charge in [-0.25, -0.2) is 0 Å². The van der Waals surface area contributed by atoms with Gasteiger partial charge in [0.15, 0.2) is 0 Å². The van der Waals surface area contributed by atoms with Crippen LogP contribution in [-0.2, 0) is 17.6 Å². The third kappa shape index (κ3) is 1.71. The molecule has 0 radical (unpaired) electrons. The quantitative estimate of drug-likeness (QED) is 0.783. The van der Waals surface area contributed by atoms with E-state index in [0.717, 1.165) is 31.1 Å². The first-order valence-corrected chi connectivity index (χ1v) is 5.94. The molecule has 2 N–H and O–H groups in total. The first-order chi connectivity index (χ1) is 7.83. The third-order valence-electron chi connectivity index (χ3n) is 3.56. The number of carbonyl (C=O) groups is 1. The van der Waals surface area contributed by atoms with Gasteiger partial charge in [0.25, 0.3) is 0 Å². The minimum absolute atomic E-state index is 0.131. The molecule has 1 atom stereocenters. The second-order valence-electron chi connectivity index (χ2n) is 4.73. The predicted molar refractivity (Wildman–Crippen MR) is 63.5 cm³/mol. The molecule has 0 aliphatic carbocycles. The number of nitrogens with one attached hydrogen (secondary N) is 2. The van der Waals surface area contributed by atoms with Crippen molar-refractivity contribution in [1.82, 2.24) is 5.32 Å². The van der Waals surface area contributed by atoms with E-state index in [1.54, 1.807) is 0 Å². The van der Waals surface area contributed by atoms with Crippen LogP contribution < -0.4 is 10.6 Å². The van der Waals surface area contributed by atoms with Gasteiger partial charge in [0.2, 0.25) is 5.91 Å². The first-order valence-electron chi connectivity index (χ1n) is 5.94. The van der Waals surface area contributed by atoms with Crippen molar-refractivity contribution in [3.05, 3.63) is 29.3 Å². The summed E-state index contributed by atoms with van der Waals surface area (Å²) in [6.45, 7) is 2.25. The molecule has 0 bridgehead atoms. The Kier molecular flexibility index (Phi) is 2.40. The van der Waals surface area contributed by atoms with Crippen LogP contribution in [-0.4, -0.2) is 19.0 Å². The number of hydrogen-bond acceptors (Lipinski definition) is 2. The van der Waals surface area contributed by atoms with Crippen LogP contribution in [0.15, 0.2) is 18.2 Å². The van der Waals surface area contributed by atoms with Crippen molar-refractivity contribution in [2.45, 2.75) is 19.3 Å². The minimum atomic E-state index is 0.131. The Morgan fingerprint density at radius 3 is 3.12 bits per heavy atom. The zero-order chi connectivity index (χ0) is 11.0. The fourth-order valence-corrected chi connectivity index (χ4v) is 2.71. The van der Waals surface area contributed by atoms with Gasteiger partial charge >= 0.3 is 0 Å². The predicted octanol–water partition coefficient (Wildman–Crippen LogP) is 1.33. The van der Waals surface area contributed by atoms with Gasteiger partial charge in [-0.05, 0) is 49.0 Å². The fourth-order valence-electron chi connectivity index (χ4n) is 2.71. The third-order valence-corrected chi connectivity index (χ3v) is 3.56. The Labute approximate surface area is 95.2 Å². The van der Waals surface area contributed by atoms with Crippen molar-refractivity contribution >= 4 is 11.6 Å². The summed E-state index contributed by atoms with van der Waals surface area (Å²) in [6.07, 6.45) is 2.92. The number of fused-ring (bicyclic) bond motifs is 1. The van der Waals surface area contributed by atoms with E-state index >= 15 is 0 Å². The molecule has 2 aliphatic heterocycles. The molecule has 0 spiro atoms. The number of rotatable bonds is 2. The number of benzene rings is 1. The molecule has 2 heterocycles. The van der Waals surface area contributed by atoms with Gasteiger partial charge in [-0.1, -0.05) is 12.1 Å². The molecular weight excluding hydrogens is 200 g/mol. The zero-order valence-electron chi connectivity index (χ0n) is 9.25. The molecule has 16 heavy (non-hydrogen) atoms. The lowest BCUT2D eigenvalue weighted by molar-refractivity contribution is -0.115. The number of carbonyl (C=O) groups excluding carboxylic acids is 1. The fraction of sp³-hybridized carbons (Fsp3) is 0.462. The molecule has 1 aromatic rings. The maximum Gasteiger partial charge on any atom is 0.228 e. The molecule has 1 fully saturated rings. The van der Waals surface area contributed by atoms with Crippen LogP contribution in [0, 0.1) is 5.92 Å². The van der Waals surface area contributed by atoms with E-state index in [9.17, 15) is 4.79 Å². The van der Waals surface area contributed by atoms with E-state index in [1.165, 1.54) is 17.5 Å². The first kappa shape index (κ1) is 9.85. The van der Waals surface area contributed by atoms with Gasteiger partial charge in [-0.2, -0.15) is 0 Å². The van der Waals surface area contributed by atoms with E-state index < -0.39 is 0 Å². The molecule has 2 aliphatic rings. The largest absolute Gasteiger partial charge is 0.326 e. The number of amides is 1. The van der Waals surface area contributed by atoms with Crippen LogP contribution in [0.2, 0.25) is 0 Å². The summed E-state index contributed by atoms with van der Waals surface area (Å²) in [5, 5.41) is 6.29. The van der Waals surface area contributed by atoms with Gasteiger partial charge in [0.1, 0.15) is 0 Å². The summed E-state index contributed by atoms with van der Waals surface area (Å²) in [6, 6.07) is 6.20. The molecule has 0 saturated carbocycles. The minimum Gasteiger partial charge on any atom is -0.326 e. The van der Waals surface area contributed by atoms with Crippen molar-refractivity contribution in [3.8, 4) is 0 Å². The second kappa shape index (κ2) is 3.91. The van der Waals surface area contributed by atoms with Crippen molar-refractivity contribution < 1.29 is 4.79 Å². The highest BCUT2D eigenvalue weighted by molar-refractivity contribution is 5.99. The SMILES string of the molecule is O=C1Cc2c(CC3CCNC3)cccc2N1. The van der Waals surface area contributed by atoms with E-state index in [2.05, 4.69) is 16.7 Å². The molecular formula is C13H16N2O. The van der Waals surface area contributed by atoms with E-state index in [0.29, 0.717) is 6.42 Å². The van der Waals surface area contributed by atoms with Gasteiger partial charge in [-0.15, -0.1) is 0 Å². The topological polar surface area (TPSA) is 41.1 Å². The zero-order valence-corrected chi connectivity index (χ0v) is 9.25. The molecule has 3 heteroatoms. The molecule has 1 aromatic carbocycles. The van der Waals surface area contributed by atoms with Crippen LogP contribution in [0.25, 0.3) is 0 Å². The van der Waals surface area contributed by atoms with Crippen molar-refractivity contribution in [2.24, 2.45) is 5.92 Å². The molecule has 3 nitrogen and oxygen atoms in total. The Bertz CT molecular complexity index is 422. The van der Waals surface area contributed by atoms with E-state index in [4.69, 9.17) is 0 Å². The summed E-state index contributed by atoms with van der Waals surface area (Å²) >= 11 is 0. The molecule has 1 unspecified atom stereocenters. The lowest BCUT2D eigenvalue weighted by atomic mass is 9.94. The van der Waals surface area contributed by atoms with Gasteiger partial charge in [0, 0.05) is 5.69 Å². The Hall–Kier alpha value is -1.35. The van der Waals surface area contributed by atoms with Gasteiger partial charge in [-0.3, -0.25) is 4.79 Å². The highest BCUT2D eigenvalue weighted by atomic mass is 16.1. The van der Waals surface area contributed by atoms with E-state index in [-0.39, 0.29) is 5.91 Å². The second-order valence-corrected chi connectivity index (χ2v) is 4.73. The van der Waals surface area contributed by atoms with Gasteiger partial charge < -0.3 is 10.6 Å². The average Bonchev–Trinajstić information content (AvgIpc) is 2.86. The summed E-state index contributed by atoms with van der Waals surface area (Å²) in [4.78, 5) is 11.4. The summed E-state index contributed by atoms with van der Waals surface area (Å²) < 4.78 is 0. The standard InChI is InChI=1S/C13H16N2O/c16-13-7-11-10(2-1-3-12(11)15-13)6-9-4-5-14-8-9/h1-3,9,14H,4-8H2,(H,15,16). The normalized spacial score (nSPS) is 23.2. The Morgan fingerprint density at radius 1 is 1.38 bits per heavy atom. The lowest BCUT2D eigenvalue weighted by Gasteiger charge is -2.11. The molecule has 84 valence electrons. The summed E-state index contributed by atoms with van der Waals surface area (Å²) in [7, 11) is 0. The molecule has 0 aromatic heterocycles. The van der Waals surface area contributed by atoms with Crippen LogP contribution in [0.4, 0.5) is 5.69 Å². The van der Waals surface area contributed by atoms with Crippen molar-refractivity contribution in [3.63, 3.8) is 0 Å². The smallest absolute Gasteiger partial charge is 0.228 e. The van der Waals surface area contributed by atoms with Crippen LogP contribution in [0.1, 0.15) is 17.5 Å². The summed E-state index contributed by atoms with van der Waals surface area (Å²) in [5.41, 5.74) is 3.59. The van der Waals surface area contributed by atoms with Crippen molar-refractivity contribution in [2.75, 3.05) is 18.4 Å². The Morgan fingerprint density at radius 2 is 2.31 bits per heavy atom. The number of hydrogen-bond donors (Lipinski definition) is 2.